The van der Waals surface area contributed by atoms with Gasteiger partial charge in [-0.05, 0) is 6.07 Å². The molecule has 0 aliphatic rings. The molecule has 1 heterocycles. The summed E-state index contributed by atoms with van der Waals surface area (Å²) in [6, 6.07) is 2.49. The lowest BCUT2D eigenvalue weighted by atomic mass is 10.2. The number of nitrogen functional groups attached to an aromatic ring is 1. The van der Waals surface area contributed by atoms with E-state index in [0.29, 0.717) is 5.39 Å². The molecule has 0 spiro atoms. The first-order chi connectivity index (χ1) is 5.70. The average molecular weight is 167 g/mol. The van der Waals surface area contributed by atoms with E-state index in [9.17, 15) is 9.50 Å². The number of furan rings is 1. The Labute approximate surface area is 67.2 Å². The molecule has 1 aromatic carbocycles. The maximum Gasteiger partial charge on any atom is 0.163 e. The number of benzene rings is 1. The van der Waals surface area contributed by atoms with Gasteiger partial charge in [-0.3, -0.25) is 0 Å². The summed E-state index contributed by atoms with van der Waals surface area (Å²) in [6.45, 7) is 0. The third kappa shape index (κ3) is 0.747. The van der Waals surface area contributed by atoms with Crippen LogP contribution in [0.3, 0.4) is 0 Å². The maximum atomic E-state index is 12.8. The standard InChI is InChI=1S/C8H6FNO2/c9-5-3-6(11)4-1-2-12-8(4)7(5)10/h1-3,11H,10H2. The van der Waals surface area contributed by atoms with Crippen LogP contribution < -0.4 is 5.73 Å². The summed E-state index contributed by atoms with van der Waals surface area (Å²) in [5.41, 5.74) is 5.46. The van der Waals surface area contributed by atoms with E-state index in [2.05, 4.69) is 0 Å². The van der Waals surface area contributed by atoms with Crippen molar-refractivity contribution in [2.75, 3.05) is 5.73 Å². The molecule has 12 heavy (non-hydrogen) atoms. The Kier molecular flexibility index (Phi) is 1.24. The van der Waals surface area contributed by atoms with Gasteiger partial charge in [0.05, 0.1) is 11.6 Å². The number of aromatic hydroxyl groups is 1. The third-order valence-corrected chi connectivity index (χ3v) is 1.71. The highest BCUT2D eigenvalue weighted by molar-refractivity contribution is 5.92. The molecule has 62 valence electrons. The van der Waals surface area contributed by atoms with Gasteiger partial charge in [0.25, 0.3) is 0 Å². The summed E-state index contributed by atoms with van der Waals surface area (Å²) >= 11 is 0. The zero-order chi connectivity index (χ0) is 8.72. The van der Waals surface area contributed by atoms with Gasteiger partial charge in [-0.2, -0.15) is 0 Å². The first kappa shape index (κ1) is 6.97. The summed E-state index contributed by atoms with van der Waals surface area (Å²) in [5.74, 6) is -0.833. The molecule has 0 amide bonds. The predicted molar refractivity (Wildman–Crippen MR) is 42.2 cm³/mol. The van der Waals surface area contributed by atoms with E-state index in [1.165, 1.54) is 12.3 Å². The summed E-state index contributed by atoms with van der Waals surface area (Å²) in [7, 11) is 0. The fraction of sp³-hybridized carbons (Fsp3) is 0. The van der Waals surface area contributed by atoms with Gasteiger partial charge in [-0.25, -0.2) is 4.39 Å². The fourth-order valence-electron chi connectivity index (χ4n) is 1.10. The van der Waals surface area contributed by atoms with E-state index < -0.39 is 5.82 Å². The third-order valence-electron chi connectivity index (χ3n) is 1.71. The second kappa shape index (κ2) is 2.14. The average Bonchev–Trinajstić information content (AvgIpc) is 2.48. The first-order valence-electron chi connectivity index (χ1n) is 3.34. The van der Waals surface area contributed by atoms with Crippen LogP contribution in [0.4, 0.5) is 10.1 Å². The van der Waals surface area contributed by atoms with Gasteiger partial charge in [-0.15, -0.1) is 0 Å². The van der Waals surface area contributed by atoms with Gasteiger partial charge in [0, 0.05) is 6.07 Å². The Morgan fingerprint density at radius 3 is 3.00 bits per heavy atom. The van der Waals surface area contributed by atoms with Gasteiger partial charge in [0.1, 0.15) is 11.4 Å². The Hall–Kier alpha value is -1.71. The lowest BCUT2D eigenvalue weighted by Gasteiger charge is -1.98. The number of phenolic OH excluding ortho intramolecular Hbond substituents is 1. The van der Waals surface area contributed by atoms with Crippen LogP contribution in [0.1, 0.15) is 0 Å². The second-order valence-corrected chi connectivity index (χ2v) is 2.45. The first-order valence-corrected chi connectivity index (χ1v) is 3.34. The van der Waals surface area contributed by atoms with E-state index in [0.717, 1.165) is 6.07 Å². The van der Waals surface area contributed by atoms with Crippen molar-refractivity contribution in [3.8, 4) is 5.75 Å². The van der Waals surface area contributed by atoms with Crippen molar-refractivity contribution < 1.29 is 13.9 Å². The van der Waals surface area contributed by atoms with E-state index in [-0.39, 0.29) is 17.0 Å². The zero-order valence-electron chi connectivity index (χ0n) is 6.04. The predicted octanol–water partition coefficient (Wildman–Crippen LogP) is 1.86. The van der Waals surface area contributed by atoms with Gasteiger partial charge in [0.2, 0.25) is 0 Å². The van der Waals surface area contributed by atoms with Crippen LogP contribution in [0.5, 0.6) is 5.75 Å². The molecule has 0 saturated carbocycles. The normalized spacial score (nSPS) is 10.8. The minimum Gasteiger partial charge on any atom is -0.507 e. The smallest absolute Gasteiger partial charge is 0.163 e. The minimum atomic E-state index is -0.671. The Morgan fingerprint density at radius 2 is 2.25 bits per heavy atom. The fourth-order valence-corrected chi connectivity index (χ4v) is 1.10. The topological polar surface area (TPSA) is 59.4 Å². The molecule has 0 aliphatic carbocycles. The molecule has 2 aromatic rings. The highest BCUT2D eigenvalue weighted by atomic mass is 19.1. The van der Waals surface area contributed by atoms with Crippen molar-refractivity contribution in [3.05, 3.63) is 24.2 Å². The Balaban J connectivity index is 2.97. The van der Waals surface area contributed by atoms with Gasteiger partial charge in [0.15, 0.2) is 11.4 Å². The number of nitrogens with two attached hydrogens (primary N) is 1. The quantitative estimate of drug-likeness (QED) is 0.465. The number of rotatable bonds is 0. The van der Waals surface area contributed by atoms with Crippen LogP contribution in [-0.4, -0.2) is 5.11 Å². The van der Waals surface area contributed by atoms with E-state index in [1.54, 1.807) is 0 Å². The molecule has 0 aliphatic heterocycles. The monoisotopic (exact) mass is 167 g/mol. The molecule has 3 nitrogen and oxygen atoms in total. The van der Waals surface area contributed by atoms with Crippen LogP contribution >= 0.6 is 0 Å². The molecule has 4 heteroatoms. The minimum absolute atomic E-state index is 0.0761. The second-order valence-electron chi connectivity index (χ2n) is 2.45. The summed E-state index contributed by atoms with van der Waals surface area (Å²) in [4.78, 5) is 0. The zero-order valence-corrected chi connectivity index (χ0v) is 6.04. The molecule has 0 fully saturated rings. The van der Waals surface area contributed by atoms with Crippen LogP contribution in [-0.2, 0) is 0 Å². The molecule has 0 atom stereocenters. The van der Waals surface area contributed by atoms with Crippen molar-refractivity contribution in [1.29, 1.82) is 0 Å². The summed E-state index contributed by atoms with van der Waals surface area (Å²) < 4.78 is 17.7. The lowest BCUT2D eigenvalue weighted by Crippen LogP contribution is -1.90. The number of hydrogen-bond donors (Lipinski definition) is 2. The van der Waals surface area contributed by atoms with Crippen molar-refractivity contribution >= 4 is 16.7 Å². The van der Waals surface area contributed by atoms with Gasteiger partial charge < -0.3 is 15.3 Å². The number of phenols is 1. The number of hydrogen-bond acceptors (Lipinski definition) is 3. The SMILES string of the molecule is Nc1c(F)cc(O)c2ccoc12. The Bertz CT molecular complexity index is 436. The molecule has 3 N–H and O–H groups in total. The van der Waals surface area contributed by atoms with Crippen molar-refractivity contribution in [1.82, 2.24) is 0 Å². The highest BCUT2D eigenvalue weighted by Gasteiger charge is 2.10. The number of halogens is 1. The van der Waals surface area contributed by atoms with E-state index >= 15 is 0 Å². The maximum absolute atomic E-state index is 12.8. The Morgan fingerprint density at radius 1 is 1.50 bits per heavy atom. The number of anilines is 1. The molecule has 0 saturated heterocycles. The summed E-state index contributed by atoms with van der Waals surface area (Å²) in [6.07, 6.45) is 1.35. The van der Waals surface area contributed by atoms with Crippen molar-refractivity contribution in [2.24, 2.45) is 0 Å². The van der Waals surface area contributed by atoms with Gasteiger partial charge >= 0.3 is 0 Å². The molecule has 0 bridgehead atoms. The molecule has 1 aromatic heterocycles. The lowest BCUT2D eigenvalue weighted by molar-refractivity contribution is 0.475. The molecule has 2 rings (SSSR count). The number of fused-ring (bicyclic) bond motifs is 1. The van der Waals surface area contributed by atoms with E-state index in [4.69, 9.17) is 10.2 Å². The largest absolute Gasteiger partial charge is 0.507 e. The van der Waals surface area contributed by atoms with Crippen LogP contribution in [0.15, 0.2) is 22.8 Å². The van der Waals surface area contributed by atoms with E-state index in [1.807, 2.05) is 0 Å². The van der Waals surface area contributed by atoms with Crippen molar-refractivity contribution in [2.45, 2.75) is 0 Å². The van der Waals surface area contributed by atoms with Crippen molar-refractivity contribution in [3.63, 3.8) is 0 Å². The van der Waals surface area contributed by atoms with Crippen LogP contribution in [0.25, 0.3) is 11.0 Å². The molecule has 0 unspecified atom stereocenters. The van der Waals surface area contributed by atoms with Gasteiger partial charge in [-0.1, -0.05) is 0 Å². The molecular formula is C8H6FNO2. The molecule has 0 radical (unpaired) electrons. The molecular weight excluding hydrogens is 161 g/mol. The van der Waals surface area contributed by atoms with Crippen LogP contribution in [0, 0.1) is 5.82 Å². The van der Waals surface area contributed by atoms with Crippen LogP contribution in [0.2, 0.25) is 0 Å². The summed E-state index contributed by atoms with van der Waals surface area (Å²) in [5, 5.41) is 9.63. The highest BCUT2D eigenvalue weighted by Crippen LogP contribution is 2.32.